The maximum Gasteiger partial charge on any atom is 0.336 e. The van der Waals surface area contributed by atoms with E-state index >= 15 is 0 Å². The van der Waals surface area contributed by atoms with E-state index in [0.717, 1.165) is 34.7 Å². The van der Waals surface area contributed by atoms with Gasteiger partial charge in [-0.15, -0.1) is 0 Å². The molecule has 0 amide bonds. The number of nitrogens with one attached hydrogen (secondary N) is 2. The molecule has 2 aromatic rings. The van der Waals surface area contributed by atoms with Crippen LogP contribution < -0.4 is 10.6 Å². The number of anilines is 2. The van der Waals surface area contributed by atoms with Gasteiger partial charge in [-0.2, -0.15) is 0 Å². The van der Waals surface area contributed by atoms with Gasteiger partial charge in [-0.05, 0) is 47.6 Å². The highest BCUT2D eigenvalue weighted by Crippen LogP contribution is 2.22. The SMILES string of the molecule is O=C(/C=C\C(=O)OC1=CNc2ccccc2C=C1)OC1=CNc2ccccc2C=C1. The van der Waals surface area contributed by atoms with E-state index in [4.69, 9.17) is 9.47 Å². The third-order valence-corrected chi connectivity index (χ3v) is 4.31. The van der Waals surface area contributed by atoms with Crippen molar-refractivity contribution in [2.45, 2.75) is 0 Å². The second-order valence-electron chi connectivity index (χ2n) is 6.40. The van der Waals surface area contributed by atoms with E-state index in [9.17, 15) is 9.59 Å². The number of carbonyl (C=O) groups is 2. The maximum atomic E-state index is 12.0. The molecule has 0 saturated heterocycles. The fourth-order valence-corrected chi connectivity index (χ4v) is 2.85. The Bertz CT molecular complexity index is 1050. The van der Waals surface area contributed by atoms with Crippen molar-refractivity contribution in [2.24, 2.45) is 0 Å². The van der Waals surface area contributed by atoms with Gasteiger partial charge in [0, 0.05) is 35.9 Å². The highest BCUT2D eigenvalue weighted by molar-refractivity contribution is 5.93. The summed E-state index contributed by atoms with van der Waals surface area (Å²) in [6.07, 6.45) is 12.2. The Hall–Kier alpha value is -4.32. The number of hydrogen-bond donors (Lipinski definition) is 2. The van der Waals surface area contributed by atoms with Gasteiger partial charge in [-0.3, -0.25) is 0 Å². The van der Waals surface area contributed by atoms with Gasteiger partial charge in [0.2, 0.25) is 0 Å². The lowest BCUT2D eigenvalue weighted by molar-refractivity contribution is -0.136. The maximum absolute atomic E-state index is 12.0. The van der Waals surface area contributed by atoms with E-state index < -0.39 is 11.9 Å². The highest BCUT2D eigenvalue weighted by Gasteiger charge is 2.09. The number of benzene rings is 2. The molecule has 0 unspecified atom stereocenters. The lowest BCUT2D eigenvalue weighted by atomic mass is 10.2. The first-order valence-electron chi connectivity index (χ1n) is 9.27. The predicted octanol–water partition coefficient (Wildman–Crippen LogP) is 4.59. The normalized spacial score (nSPS) is 14.1. The molecule has 4 rings (SSSR count). The third-order valence-electron chi connectivity index (χ3n) is 4.31. The van der Waals surface area contributed by atoms with E-state index in [0.29, 0.717) is 11.5 Å². The van der Waals surface area contributed by atoms with Crippen LogP contribution in [-0.4, -0.2) is 11.9 Å². The smallest absolute Gasteiger partial charge is 0.336 e. The highest BCUT2D eigenvalue weighted by atomic mass is 16.5. The summed E-state index contributed by atoms with van der Waals surface area (Å²) in [6.45, 7) is 0. The van der Waals surface area contributed by atoms with Crippen LogP contribution in [-0.2, 0) is 19.1 Å². The Balaban J connectivity index is 1.32. The van der Waals surface area contributed by atoms with Crippen LogP contribution in [0, 0.1) is 0 Å². The Morgan fingerprint density at radius 1 is 0.633 bits per heavy atom. The summed E-state index contributed by atoms with van der Waals surface area (Å²) >= 11 is 0. The quantitative estimate of drug-likeness (QED) is 0.580. The fraction of sp³-hybridized carbons (Fsp3) is 0. The number of hydrogen-bond acceptors (Lipinski definition) is 6. The van der Waals surface area contributed by atoms with E-state index in [1.807, 2.05) is 60.7 Å². The van der Waals surface area contributed by atoms with Crippen molar-refractivity contribution in [2.75, 3.05) is 10.6 Å². The summed E-state index contributed by atoms with van der Waals surface area (Å²) in [5.74, 6) is -0.728. The second-order valence-corrected chi connectivity index (χ2v) is 6.40. The summed E-state index contributed by atoms with van der Waals surface area (Å²) in [4.78, 5) is 24.1. The van der Waals surface area contributed by atoms with Gasteiger partial charge in [0.1, 0.15) is 11.5 Å². The van der Waals surface area contributed by atoms with Crippen LogP contribution in [0.1, 0.15) is 11.1 Å². The second kappa shape index (κ2) is 8.79. The number of carbonyl (C=O) groups excluding carboxylic acids is 2. The van der Waals surface area contributed by atoms with Crippen molar-refractivity contribution < 1.29 is 19.1 Å². The van der Waals surface area contributed by atoms with Crippen LogP contribution in [0.3, 0.4) is 0 Å². The lowest BCUT2D eigenvalue weighted by Crippen LogP contribution is -2.04. The fourth-order valence-electron chi connectivity index (χ4n) is 2.85. The van der Waals surface area contributed by atoms with Gasteiger partial charge in [0.25, 0.3) is 0 Å². The Morgan fingerprint density at radius 3 is 1.53 bits per heavy atom. The molecule has 0 radical (unpaired) electrons. The summed E-state index contributed by atoms with van der Waals surface area (Å²) < 4.78 is 10.5. The molecule has 0 bridgehead atoms. The Morgan fingerprint density at radius 2 is 1.07 bits per heavy atom. The number of fused-ring (bicyclic) bond motifs is 2. The van der Waals surface area contributed by atoms with Crippen LogP contribution in [0.5, 0.6) is 0 Å². The van der Waals surface area contributed by atoms with Gasteiger partial charge in [-0.25, -0.2) is 9.59 Å². The number of para-hydroxylation sites is 2. The first-order chi connectivity index (χ1) is 14.7. The monoisotopic (exact) mass is 398 g/mol. The molecule has 0 spiro atoms. The van der Waals surface area contributed by atoms with Gasteiger partial charge >= 0.3 is 11.9 Å². The van der Waals surface area contributed by atoms with E-state index in [1.165, 1.54) is 0 Å². The zero-order chi connectivity index (χ0) is 20.8. The first-order valence-corrected chi connectivity index (χ1v) is 9.27. The summed E-state index contributed by atoms with van der Waals surface area (Å²) in [5, 5.41) is 6.15. The molecule has 0 saturated carbocycles. The molecule has 2 aliphatic rings. The van der Waals surface area contributed by atoms with Crippen LogP contribution in [0.15, 0.2) is 96.8 Å². The van der Waals surface area contributed by atoms with Gasteiger partial charge in [0.05, 0.1) is 0 Å². The van der Waals surface area contributed by atoms with Crippen molar-refractivity contribution >= 4 is 35.5 Å². The van der Waals surface area contributed by atoms with E-state index in [2.05, 4.69) is 10.6 Å². The lowest BCUT2D eigenvalue weighted by Gasteiger charge is -2.04. The van der Waals surface area contributed by atoms with Crippen LogP contribution in [0.4, 0.5) is 11.4 Å². The molecular formula is C24H18N2O4. The molecular weight excluding hydrogens is 380 g/mol. The first kappa shape index (κ1) is 19.0. The average Bonchev–Trinajstić information content (AvgIpc) is 3.09. The minimum absolute atomic E-state index is 0.325. The zero-order valence-electron chi connectivity index (χ0n) is 15.9. The molecule has 6 heteroatoms. The molecule has 2 heterocycles. The standard InChI is InChI=1S/C24H18N2O4/c27-23(29-19-11-9-17-5-1-3-7-21(17)25-15-19)13-14-24(28)30-20-12-10-18-6-2-4-8-22(18)26-16-20/h1-16,25-26H/b14-13-. The molecule has 148 valence electrons. The molecule has 0 aromatic heterocycles. The summed E-state index contributed by atoms with van der Waals surface area (Å²) in [7, 11) is 0. The minimum Gasteiger partial charge on any atom is -0.422 e. The van der Waals surface area contributed by atoms with Gasteiger partial charge in [-0.1, -0.05) is 36.4 Å². The zero-order valence-corrected chi connectivity index (χ0v) is 15.9. The van der Waals surface area contributed by atoms with Gasteiger partial charge < -0.3 is 20.1 Å². The van der Waals surface area contributed by atoms with Crippen LogP contribution >= 0.6 is 0 Å². The van der Waals surface area contributed by atoms with Crippen molar-refractivity contribution in [1.29, 1.82) is 0 Å². The summed E-state index contributed by atoms with van der Waals surface area (Å²) in [5.41, 5.74) is 3.75. The molecule has 2 aromatic carbocycles. The molecule has 30 heavy (non-hydrogen) atoms. The van der Waals surface area contributed by atoms with Crippen molar-refractivity contribution in [3.63, 3.8) is 0 Å². The van der Waals surface area contributed by atoms with Crippen LogP contribution in [0.2, 0.25) is 0 Å². The number of allylic oxidation sites excluding steroid dienone is 2. The Labute approximate surface area is 173 Å². The number of rotatable bonds is 4. The Kier molecular flexibility index (Phi) is 5.57. The van der Waals surface area contributed by atoms with Crippen molar-refractivity contribution in [3.05, 3.63) is 108 Å². The minimum atomic E-state index is -0.688. The molecule has 0 atom stereocenters. The van der Waals surface area contributed by atoms with Crippen molar-refractivity contribution in [3.8, 4) is 0 Å². The predicted molar refractivity (Wildman–Crippen MR) is 116 cm³/mol. The van der Waals surface area contributed by atoms with E-state index in [1.54, 1.807) is 24.6 Å². The molecule has 0 fully saturated rings. The topological polar surface area (TPSA) is 76.7 Å². The van der Waals surface area contributed by atoms with Crippen molar-refractivity contribution in [1.82, 2.24) is 0 Å². The molecule has 2 N–H and O–H groups in total. The molecule has 2 aliphatic heterocycles. The third kappa shape index (κ3) is 4.74. The number of ether oxygens (including phenoxy) is 2. The number of esters is 2. The van der Waals surface area contributed by atoms with E-state index in [-0.39, 0.29) is 0 Å². The largest absolute Gasteiger partial charge is 0.422 e. The summed E-state index contributed by atoms with van der Waals surface area (Å²) in [6, 6.07) is 15.4. The molecule has 6 nitrogen and oxygen atoms in total. The van der Waals surface area contributed by atoms with Crippen LogP contribution in [0.25, 0.3) is 12.2 Å². The molecule has 0 aliphatic carbocycles. The average molecular weight is 398 g/mol. The van der Waals surface area contributed by atoms with Gasteiger partial charge in [0.15, 0.2) is 0 Å².